The number of amides is 2. The number of carbonyl (C=O) groups excluding carboxylic acids is 2. The standard InChI is InChI=1S/C33H36N2O6/c1-33(2,3)41-32(39)35(23-12-8-10-21(18-23)30(36)37)29-17-9-11-22(29)19-34-31(38)40-20-28-26-15-6-4-13-24(26)25-14-5-7-16-27(25)28/h4-8,10,12-16,18,22,28-29H,9,11,17,19-20H2,1-3H3,(H,34,38)(H,36,37)/t22-,29+/m1/s1. The molecule has 41 heavy (non-hydrogen) atoms. The van der Waals surface area contributed by atoms with Crippen LogP contribution in [-0.2, 0) is 9.47 Å². The van der Waals surface area contributed by atoms with Gasteiger partial charge in [0, 0.05) is 24.2 Å². The average Bonchev–Trinajstić information content (AvgIpc) is 3.52. The minimum Gasteiger partial charge on any atom is -0.478 e. The van der Waals surface area contributed by atoms with Crippen LogP contribution in [0.1, 0.15) is 67.4 Å². The number of carbonyl (C=O) groups is 3. The Labute approximate surface area is 240 Å². The Bertz CT molecular complexity index is 1400. The molecule has 1 fully saturated rings. The summed E-state index contributed by atoms with van der Waals surface area (Å²) in [7, 11) is 0. The normalized spacial score (nSPS) is 17.8. The summed E-state index contributed by atoms with van der Waals surface area (Å²) >= 11 is 0. The molecule has 214 valence electrons. The van der Waals surface area contributed by atoms with Gasteiger partial charge in [-0.1, -0.05) is 61.0 Å². The Morgan fingerprint density at radius 3 is 2.22 bits per heavy atom. The van der Waals surface area contributed by atoms with Crippen molar-refractivity contribution in [2.45, 2.75) is 57.6 Å². The minimum absolute atomic E-state index is 0.0310. The summed E-state index contributed by atoms with van der Waals surface area (Å²) in [6.07, 6.45) is 1.31. The molecule has 0 aliphatic heterocycles. The molecule has 3 aromatic carbocycles. The molecular formula is C33H36N2O6. The van der Waals surface area contributed by atoms with Crippen LogP contribution in [0.25, 0.3) is 11.1 Å². The SMILES string of the molecule is CC(C)(C)OC(=O)N(c1cccc(C(=O)O)c1)[C@H]1CCC[C@@H]1CNC(=O)OCC1c2ccccc2-c2ccccc21. The van der Waals surface area contributed by atoms with Crippen LogP contribution < -0.4 is 10.2 Å². The van der Waals surface area contributed by atoms with Crippen molar-refractivity contribution in [3.63, 3.8) is 0 Å². The number of carboxylic acid groups (broad SMARTS) is 1. The van der Waals surface area contributed by atoms with Gasteiger partial charge in [0.25, 0.3) is 0 Å². The lowest BCUT2D eigenvalue weighted by Gasteiger charge is -2.35. The summed E-state index contributed by atoms with van der Waals surface area (Å²) in [5, 5.41) is 12.4. The van der Waals surface area contributed by atoms with E-state index in [1.165, 1.54) is 23.3 Å². The van der Waals surface area contributed by atoms with Crippen LogP contribution >= 0.6 is 0 Å². The zero-order valence-corrected chi connectivity index (χ0v) is 23.6. The molecule has 0 aromatic heterocycles. The quantitative estimate of drug-likeness (QED) is 0.330. The molecule has 0 saturated heterocycles. The maximum absolute atomic E-state index is 13.4. The van der Waals surface area contributed by atoms with E-state index in [0.717, 1.165) is 24.0 Å². The van der Waals surface area contributed by atoms with Gasteiger partial charge in [-0.05, 0) is 80.0 Å². The highest BCUT2D eigenvalue weighted by molar-refractivity contribution is 5.93. The van der Waals surface area contributed by atoms with Crippen molar-refractivity contribution in [2.24, 2.45) is 5.92 Å². The fourth-order valence-electron chi connectivity index (χ4n) is 5.99. The summed E-state index contributed by atoms with van der Waals surface area (Å²) in [6.45, 7) is 5.92. The molecule has 1 saturated carbocycles. The van der Waals surface area contributed by atoms with Gasteiger partial charge in [0.15, 0.2) is 0 Å². The monoisotopic (exact) mass is 556 g/mol. The average molecular weight is 557 g/mol. The van der Waals surface area contributed by atoms with Crippen LogP contribution in [-0.4, -0.2) is 48.1 Å². The van der Waals surface area contributed by atoms with Crippen LogP contribution in [0.15, 0.2) is 72.8 Å². The Morgan fingerprint density at radius 1 is 0.927 bits per heavy atom. The maximum Gasteiger partial charge on any atom is 0.415 e. The molecule has 2 N–H and O–H groups in total. The van der Waals surface area contributed by atoms with Gasteiger partial charge < -0.3 is 19.9 Å². The largest absolute Gasteiger partial charge is 0.478 e. The van der Waals surface area contributed by atoms with Gasteiger partial charge in [-0.15, -0.1) is 0 Å². The first kappa shape index (κ1) is 28.2. The van der Waals surface area contributed by atoms with E-state index in [1.807, 2.05) is 24.3 Å². The Balaban J connectivity index is 1.27. The summed E-state index contributed by atoms with van der Waals surface area (Å²) < 4.78 is 11.4. The molecule has 0 heterocycles. The van der Waals surface area contributed by atoms with Crippen LogP contribution in [0.4, 0.5) is 15.3 Å². The van der Waals surface area contributed by atoms with Gasteiger partial charge in [-0.3, -0.25) is 4.90 Å². The summed E-state index contributed by atoms with van der Waals surface area (Å²) in [5.41, 5.74) is 4.44. The second-order valence-corrected chi connectivity index (χ2v) is 11.7. The van der Waals surface area contributed by atoms with Gasteiger partial charge in [0.2, 0.25) is 0 Å². The molecule has 2 amide bonds. The van der Waals surface area contributed by atoms with Crippen molar-refractivity contribution < 1.29 is 29.0 Å². The second-order valence-electron chi connectivity index (χ2n) is 11.7. The van der Waals surface area contributed by atoms with E-state index >= 15 is 0 Å². The van der Waals surface area contributed by atoms with E-state index in [-0.39, 0.29) is 30.0 Å². The van der Waals surface area contributed by atoms with E-state index in [2.05, 4.69) is 29.6 Å². The summed E-state index contributed by atoms with van der Waals surface area (Å²) in [5.74, 6) is -1.16. The number of benzene rings is 3. The smallest absolute Gasteiger partial charge is 0.415 e. The predicted molar refractivity (Wildman–Crippen MR) is 156 cm³/mol. The van der Waals surface area contributed by atoms with Gasteiger partial charge in [-0.25, -0.2) is 14.4 Å². The predicted octanol–water partition coefficient (Wildman–Crippen LogP) is 6.83. The first-order valence-electron chi connectivity index (χ1n) is 14.1. The number of fused-ring (bicyclic) bond motifs is 3. The first-order valence-corrected chi connectivity index (χ1v) is 14.1. The Morgan fingerprint density at radius 2 is 1.59 bits per heavy atom. The maximum atomic E-state index is 13.4. The topological polar surface area (TPSA) is 105 Å². The van der Waals surface area contributed by atoms with Crippen LogP contribution in [0, 0.1) is 5.92 Å². The highest BCUT2D eigenvalue weighted by Gasteiger charge is 2.38. The van der Waals surface area contributed by atoms with E-state index in [4.69, 9.17) is 9.47 Å². The molecule has 0 unspecified atom stereocenters. The number of carboxylic acids is 1. The molecule has 8 heteroatoms. The Hall–Kier alpha value is -4.33. The molecule has 2 atom stereocenters. The number of nitrogens with zero attached hydrogens (tertiary/aromatic N) is 1. The van der Waals surface area contributed by atoms with Crippen molar-refractivity contribution in [1.29, 1.82) is 0 Å². The van der Waals surface area contributed by atoms with Gasteiger partial charge in [0.1, 0.15) is 12.2 Å². The minimum atomic E-state index is -1.07. The number of nitrogens with one attached hydrogen (secondary N) is 1. The third-order valence-corrected chi connectivity index (χ3v) is 7.76. The molecule has 2 aliphatic rings. The van der Waals surface area contributed by atoms with Gasteiger partial charge in [0.05, 0.1) is 5.56 Å². The van der Waals surface area contributed by atoms with Crippen LogP contribution in [0.3, 0.4) is 0 Å². The van der Waals surface area contributed by atoms with Crippen LogP contribution in [0.2, 0.25) is 0 Å². The highest BCUT2D eigenvalue weighted by Crippen LogP contribution is 2.44. The van der Waals surface area contributed by atoms with E-state index in [9.17, 15) is 19.5 Å². The van der Waals surface area contributed by atoms with E-state index < -0.39 is 23.8 Å². The third-order valence-electron chi connectivity index (χ3n) is 7.76. The molecule has 3 aromatic rings. The fourth-order valence-corrected chi connectivity index (χ4v) is 5.99. The Kier molecular flexibility index (Phi) is 8.01. The summed E-state index contributed by atoms with van der Waals surface area (Å²) in [4.78, 5) is 39.5. The fraction of sp³-hybridized carbons (Fsp3) is 0.364. The van der Waals surface area contributed by atoms with E-state index in [0.29, 0.717) is 18.7 Å². The van der Waals surface area contributed by atoms with Crippen LogP contribution in [0.5, 0.6) is 0 Å². The molecule has 5 rings (SSSR count). The third kappa shape index (κ3) is 6.21. The molecule has 0 spiro atoms. The van der Waals surface area contributed by atoms with Crippen molar-refractivity contribution >= 4 is 23.8 Å². The summed E-state index contributed by atoms with van der Waals surface area (Å²) in [6, 6.07) is 22.4. The molecule has 2 aliphatic carbocycles. The lowest BCUT2D eigenvalue weighted by atomic mass is 9.98. The number of aromatic carboxylic acids is 1. The first-order chi connectivity index (χ1) is 19.6. The molecular weight excluding hydrogens is 520 g/mol. The van der Waals surface area contributed by atoms with Gasteiger partial charge in [-0.2, -0.15) is 0 Å². The number of hydrogen-bond acceptors (Lipinski definition) is 5. The number of rotatable bonds is 7. The number of hydrogen-bond donors (Lipinski definition) is 2. The second kappa shape index (κ2) is 11.6. The number of anilines is 1. The lowest BCUT2D eigenvalue weighted by Crippen LogP contribution is -2.47. The molecule has 8 nitrogen and oxygen atoms in total. The highest BCUT2D eigenvalue weighted by atomic mass is 16.6. The lowest BCUT2D eigenvalue weighted by molar-refractivity contribution is 0.0556. The number of ether oxygens (including phenoxy) is 2. The zero-order chi connectivity index (χ0) is 29.1. The van der Waals surface area contributed by atoms with Crippen molar-refractivity contribution in [1.82, 2.24) is 5.32 Å². The molecule has 0 radical (unpaired) electrons. The number of alkyl carbamates (subject to hydrolysis) is 1. The van der Waals surface area contributed by atoms with Crippen molar-refractivity contribution in [3.8, 4) is 11.1 Å². The zero-order valence-electron chi connectivity index (χ0n) is 23.6. The van der Waals surface area contributed by atoms with Crippen molar-refractivity contribution in [3.05, 3.63) is 89.5 Å². The van der Waals surface area contributed by atoms with Crippen molar-refractivity contribution in [2.75, 3.05) is 18.1 Å². The molecule has 0 bridgehead atoms. The van der Waals surface area contributed by atoms with Gasteiger partial charge >= 0.3 is 18.2 Å². The van der Waals surface area contributed by atoms with E-state index in [1.54, 1.807) is 37.8 Å².